The number of anilines is 2. The number of aromatic nitrogens is 1. The molecule has 0 bridgehead atoms. The summed E-state index contributed by atoms with van der Waals surface area (Å²) in [6.07, 6.45) is 3.00. The van der Waals surface area contributed by atoms with E-state index in [1.807, 2.05) is 60.7 Å². The molecule has 0 aliphatic carbocycles. The molecule has 1 amide bonds. The molecule has 0 aliphatic heterocycles. The number of hydrogen-bond acceptors (Lipinski definition) is 4. The summed E-state index contributed by atoms with van der Waals surface area (Å²) < 4.78 is 5.16. The summed E-state index contributed by atoms with van der Waals surface area (Å²) in [5, 5.41) is 0. The molecule has 1 heterocycles. The van der Waals surface area contributed by atoms with Crippen LogP contribution in [0.2, 0.25) is 0 Å². The van der Waals surface area contributed by atoms with Crippen molar-refractivity contribution in [3.63, 3.8) is 0 Å². The third kappa shape index (κ3) is 4.09. The van der Waals surface area contributed by atoms with Gasteiger partial charge in [-0.05, 0) is 36.4 Å². The molecule has 5 heteroatoms. The van der Waals surface area contributed by atoms with Gasteiger partial charge in [0.15, 0.2) is 6.61 Å². The molecule has 0 aliphatic rings. The molecule has 0 N–H and O–H groups in total. The van der Waals surface area contributed by atoms with Crippen molar-refractivity contribution in [2.45, 2.75) is 0 Å². The van der Waals surface area contributed by atoms with Crippen LogP contribution in [0.25, 0.3) is 0 Å². The topological polar surface area (TPSA) is 59.5 Å². The van der Waals surface area contributed by atoms with Crippen LogP contribution in [0.15, 0.2) is 85.2 Å². The number of ether oxygens (including phenoxy) is 1. The molecule has 1 aromatic heterocycles. The van der Waals surface area contributed by atoms with Gasteiger partial charge in [-0.1, -0.05) is 36.4 Å². The van der Waals surface area contributed by atoms with E-state index < -0.39 is 5.97 Å². The molecule has 0 saturated heterocycles. The second kappa shape index (κ2) is 7.88. The lowest BCUT2D eigenvalue weighted by molar-refractivity contribution is -0.120. The Bertz CT molecular complexity index is 797. The zero-order chi connectivity index (χ0) is 17.5. The van der Waals surface area contributed by atoms with Crippen LogP contribution in [0.1, 0.15) is 10.4 Å². The Morgan fingerprint density at radius 1 is 0.800 bits per heavy atom. The van der Waals surface area contributed by atoms with E-state index in [4.69, 9.17) is 4.74 Å². The highest BCUT2D eigenvalue weighted by Gasteiger charge is 2.19. The van der Waals surface area contributed by atoms with Crippen LogP contribution in [0, 0.1) is 0 Å². The Morgan fingerprint density at radius 3 is 1.84 bits per heavy atom. The van der Waals surface area contributed by atoms with Crippen LogP contribution in [0.3, 0.4) is 0 Å². The van der Waals surface area contributed by atoms with Crippen molar-refractivity contribution in [3.05, 3.63) is 90.8 Å². The normalized spacial score (nSPS) is 10.1. The number of para-hydroxylation sites is 2. The summed E-state index contributed by atoms with van der Waals surface area (Å²) in [6.45, 7) is -0.356. The van der Waals surface area contributed by atoms with E-state index >= 15 is 0 Å². The zero-order valence-corrected chi connectivity index (χ0v) is 13.4. The maximum Gasteiger partial charge on any atom is 0.338 e. The van der Waals surface area contributed by atoms with Crippen molar-refractivity contribution < 1.29 is 14.3 Å². The first-order chi connectivity index (χ1) is 12.3. The summed E-state index contributed by atoms with van der Waals surface area (Å²) in [5.74, 6) is -0.892. The fraction of sp³-hybridized carbons (Fsp3) is 0.0500. The van der Waals surface area contributed by atoms with E-state index in [2.05, 4.69) is 4.98 Å². The van der Waals surface area contributed by atoms with Gasteiger partial charge in [0.05, 0.1) is 5.56 Å². The first-order valence-electron chi connectivity index (χ1n) is 7.76. The fourth-order valence-corrected chi connectivity index (χ4v) is 2.35. The average molecular weight is 332 g/mol. The fourth-order valence-electron chi connectivity index (χ4n) is 2.35. The first-order valence-corrected chi connectivity index (χ1v) is 7.76. The van der Waals surface area contributed by atoms with E-state index in [1.54, 1.807) is 12.1 Å². The van der Waals surface area contributed by atoms with Crippen LogP contribution < -0.4 is 4.90 Å². The summed E-state index contributed by atoms with van der Waals surface area (Å²) in [4.78, 5) is 30.1. The van der Waals surface area contributed by atoms with Gasteiger partial charge in [0.25, 0.3) is 5.91 Å². The Labute approximate surface area is 145 Å². The lowest BCUT2D eigenvalue weighted by atomic mass is 10.2. The Kier molecular flexibility index (Phi) is 5.16. The monoisotopic (exact) mass is 332 g/mol. The number of rotatable bonds is 5. The van der Waals surface area contributed by atoms with Crippen molar-refractivity contribution >= 4 is 23.3 Å². The molecule has 0 saturated carbocycles. The molecule has 0 radical (unpaired) electrons. The minimum Gasteiger partial charge on any atom is -0.452 e. The molecule has 3 rings (SSSR count). The highest BCUT2D eigenvalue weighted by Crippen LogP contribution is 2.25. The van der Waals surface area contributed by atoms with Crippen LogP contribution in [0.5, 0.6) is 0 Å². The number of carbonyl (C=O) groups is 2. The van der Waals surface area contributed by atoms with Gasteiger partial charge in [0.1, 0.15) is 0 Å². The first kappa shape index (κ1) is 16.4. The van der Waals surface area contributed by atoms with Crippen molar-refractivity contribution in [3.8, 4) is 0 Å². The number of hydrogen-bond donors (Lipinski definition) is 0. The molecule has 124 valence electrons. The number of pyridine rings is 1. The molecule has 2 aromatic carbocycles. The Balaban J connectivity index is 1.77. The third-order valence-electron chi connectivity index (χ3n) is 3.52. The molecular formula is C20H16N2O3. The minimum atomic E-state index is -0.558. The van der Waals surface area contributed by atoms with E-state index in [9.17, 15) is 9.59 Å². The molecule has 5 nitrogen and oxygen atoms in total. The van der Waals surface area contributed by atoms with Crippen LogP contribution >= 0.6 is 0 Å². The minimum absolute atomic E-state index is 0.334. The van der Waals surface area contributed by atoms with Crippen molar-refractivity contribution in [2.75, 3.05) is 11.5 Å². The van der Waals surface area contributed by atoms with Gasteiger partial charge in [-0.2, -0.15) is 0 Å². The molecule has 25 heavy (non-hydrogen) atoms. The number of nitrogens with zero attached hydrogens (tertiary/aromatic N) is 2. The number of carbonyl (C=O) groups excluding carboxylic acids is 2. The molecule has 0 unspecified atom stereocenters. The predicted octanol–water partition coefficient (Wildman–Crippen LogP) is 3.60. The van der Waals surface area contributed by atoms with Crippen molar-refractivity contribution in [1.29, 1.82) is 0 Å². The second-order valence-corrected chi connectivity index (χ2v) is 5.21. The van der Waals surface area contributed by atoms with E-state index in [1.165, 1.54) is 17.3 Å². The zero-order valence-electron chi connectivity index (χ0n) is 13.4. The van der Waals surface area contributed by atoms with Crippen LogP contribution in [-0.2, 0) is 9.53 Å². The number of benzene rings is 2. The highest BCUT2D eigenvalue weighted by atomic mass is 16.5. The smallest absolute Gasteiger partial charge is 0.338 e. The summed E-state index contributed by atoms with van der Waals surface area (Å²) in [5.41, 5.74) is 1.77. The molecule has 3 aromatic rings. The largest absolute Gasteiger partial charge is 0.452 e. The Hall–Kier alpha value is -3.47. The summed E-state index contributed by atoms with van der Waals surface area (Å²) in [6, 6.07) is 21.5. The summed E-state index contributed by atoms with van der Waals surface area (Å²) >= 11 is 0. The van der Waals surface area contributed by atoms with Gasteiger partial charge in [0, 0.05) is 23.8 Å². The van der Waals surface area contributed by atoms with Gasteiger partial charge in [-0.3, -0.25) is 14.7 Å². The standard InChI is InChI=1S/C20H16N2O3/c23-19(15-25-20(24)16-11-13-21-14-12-16)22(17-7-3-1-4-8-17)18-9-5-2-6-10-18/h1-14H,15H2. The average Bonchev–Trinajstić information content (AvgIpc) is 2.69. The lowest BCUT2D eigenvalue weighted by Gasteiger charge is -2.22. The molecular weight excluding hydrogens is 316 g/mol. The quantitative estimate of drug-likeness (QED) is 0.670. The van der Waals surface area contributed by atoms with Crippen LogP contribution in [0.4, 0.5) is 11.4 Å². The summed E-state index contributed by atoms with van der Waals surface area (Å²) in [7, 11) is 0. The number of esters is 1. The molecule has 0 atom stereocenters. The molecule has 0 fully saturated rings. The maximum atomic E-state index is 12.7. The second-order valence-electron chi connectivity index (χ2n) is 5.21. The number of amides is 1. The maximum absolute atomic E-state index is 12.7. The van der Waals surface area contributed by atoms with Crippen molar-refractivity contribution in [1.82, 2.24) is 4.98 Å². The van der Waals surface area contributed by atoms with E-state index in [0.717, 1.165) is 0 Å². The highest BCUT2D eigenvalue weighted by molar-refractivity contribution is 6.02. The van der Waals surface area contributed by atoms with Gasteiger partial charge < -0.3 is 4.74 Å². The van der Waals surface area contributed by atoms with Gasteiger partial charge in [0.2, 0.25) is 0 Å². The third-order valence-corrected chi connectivity index (χ3v) is 3.52. The lowest BCUT2D eigenvalue weighted by Crippen LogP contribution is -2.30. The van der Waals surface area contributed by atoms with E-state index in [-0.39, 0.29) is 12.5 Å². The van der Waals surface area contributed by atoms with Crippen LogP contribution in [-0.4, -0.2) is 23.5 Å². The Morgan fingerprint density at radius 2 is 1.32 bits per heavy atom. The predicted molar refractivity (Wildman–Crippen MR) is 94.5 cm³/mol. The van der Waals surface area contributed by atoms with Crippen molar-refractivity contribution in [2.24, 2.45) is 0 Å². The molecule has 0 spiro atoms. The van der Waals surface area contributed by atoms with Gasteiger partial charge in [-0.15, -0.1) is 0 Å². The van der Waals surface area contributed by atoms with Gasteiger partial charge >= 0.3 is 5.97 Å². The SMILES string of the molecule is O=C(OCC(=O)N(c1ccccc1)c1ccccc1)c1ccncc1. The van der Waals surface area contributed by atoms with E-state index in [0.29, 0.717) is 16.9 Å². The van der Waals surface area contributed by atoms with Gasteiger partial charge in [-0.25, -0.2) is 4.79 Å².